The highest BCUT2D eigenvalue weighted by molar-refractivity contribution is 4.88. The summed E-state index contributed by atoms with van der Waals surface area (Å²) in [5, 5.41) is 3.63. The molecule has 1 saturated heterocycles. The molecule has 1 aliphatic rings. The zero-order valence-electron chi connectivity index (χ0n) is 12.7. The maximum atomic E-state index is 3.63. The van der Waals surface area contributed by atoms with Gasteiger partial charge in [0.25, 0.3) is 0 Å². The van der Waals surface area contributed by atoms with E-state index in [0.29, 0.717) is 5.41 Å². The number of nitrogens with zero attached hydrogens (tertiary/aromatic N) is 1. The van der Waals surface area contributed by atoms with Gasteiger partial charge in [-0.2, -0.15) is 0 Å². The Kier molecular flexibility index (Phi) is 5.46. The molecule has 3 atom stereocenters. The van der Waals surface area contributed by atoms with E-state index in [-0.39, 0.29) is 0 Å². The van der Waals surface area contributed by atoms with E-state index < -0.39 is 0 Å². The van der Waals surface area contributed by atoms with Crippen LogP contribution in [0.1, 0.15) is 54.4 Å². The largest absolute Gasteiger partial charge is 0.314 e. The van der Waals surface area contributed by atoms with Crippen molar-refractivity contribution in [2.75, 3.05) is 19.6 Å². The van der Waals surface area contributed by atoms with Gasteiger partial charge in [-0.3, -0.25) is 0 Å². The lowest BCUT2D eigenvalue weighted by molar-refractivity contribution is 0.0754. The molecule has 1 heterocycles. The molecule has 0 aromatic heterocycles. The summed E-state index contributed by atoms with van der Waals surface area (Å²) in [6.07, 6.45) is 2.61. The second-order valence-corrected chi connectivity index (χ2v) is 6.90. The number of rotatable bonds is 4. The van der Waals surface area contributed by atoms with Gasteiger partial charge >= 0.3 is 0 Å². The topological polar surface area (TPSA) is 15.3 Å². The Morgan fingerprint density at radius 2 is 1.88 bits per heavy atom. The number of piperidine rings is 1. The Hall–Kier alpha value is -0.0800. The van der Waals surface area contributed by atoms with Crippen LogP contribution in [0.2, 0.25) is 0 Å². The predicted molar refractivity (Wildman–Crippen MR) is 76.4 cm³/mol. The molecule has 1 rings (SSSR count). The molecular weight excluding hydrogens is 208 g/mol. The molecular formula is C15H32N2. The smallest absolute Gasteiger partial charge is 0.0120 e. The quantitative estimate of drug-likeness (QED) is 0.812. The third-order valence-corrected chi connectivity index (χ3v) is 4.31. The van der Waals surface area contributed by atoms with Gasteiger partial charge in [0.05, 0.1) is 0 Å². The zero-order valence-corrected chi connectivity index (χ0v) is 12.7. The van der Waals surface area contributed by atoms with Gasteiger partial charge < -0.3 is 10.2 Å². The summed E-state index contributed by atoms with van der Waals surface area (Å²) in [7, 11) is 0. The average Bonchev–Trinajstić information content (AvgIpc) is 2.23. The summed E-state index contributed by atoms with van der Waals surface area (Å²) in [6.45, 7) is 17.7. The SMILES string of the molecule is CCNC1CCN(CCC(C)(C)C)C(C)C1C. The highest BCUT2D eigenvalue weighted by atomic mass is 15.2. The van der Waals surface area contributed by atoms with E-state index in [1.807, 2.05) is 0 Å². The Bertz CT molecular complexity index is 219. The summed E-state index contributed by atoms with van der Waals surface area (Å²) in [6, 6.07) is 1.44. The number of hydrogen-bond acceptors (Lipinski definition) is 2. The molecule has 1 N–H and O–H groups in total. The fraction of sp³-hybridized carbons (Fsp3) is 1.00. The maximum Gasteiger partial charge on any atom is 0.0120 e. The Labute approximate surface area is 108 Å². The van der Waals surface area contributed by atoms with Gasteiger partial charge in [-0.1, -0.05) is 34.6 Å². The second-order valence-electron chi connectivity index (χ2n) is 6.90. The molecule has 1 fully saturated rings. The molecule has 2 nitrogen and oxygen atoms in total. The molecule has 3 unspecified atom stereocenters. The molecule has 17 heavy (non-hydrogen) atoms. The van der Waals surface area contributed by atoms with Crippen molar-refractivity contribution in [1.82, 2.24) is 10.2 Å². The van der Waals surface area contributed by atoms with Gasteiger partial charge in [0.15, 0.2) is 0 Å². The van der Waals surface area contributed by atoms with Crippen LogP contribution in [-0.4, -0.2) is 36.6 Å². The Morgan fingerprint density at radius 1 is 1.24 bits per heavy atom. The van der Waals surface area contributed by atoms with Crippen LogP contribution in [0.5, 0.6) is 0 Å². The minimum Gasteiger partial charge on any atom is -0.314 e. The number of nitrogens with one attached hydrogen (secondary N) is 1. The fourth-order valence-electron chi connectivity index (χ4n) is 2.78. The summed E-state index contributed by atoms with van der Waals surface area (Å²) in [5.74, 6) is 0.767. The van der Waals surface area contributed by atoms with Crippen molar-refractivity contribution in [1.29, 1.82) is 0 Å². The van der Waals surface area contributed by atoms with Crippen LogP contribution in [-0.2, 0) is 0 Å². The summed E-state index contributed by atoms with van der Waals surface area (Å²) < 4.78 is 0. The minimum atomic E-state index is 0.460. The van der Waals surface area contributed by atoms with E-state index in [4.69, 9.17) is 0 Å². The Balaban J connectivity index is 2.45. The summed E-state index contributed by atoms with van der Waals surface area (Å²) >= 11 is 0. The predicted octanol–water partition coefficient (Wildman–Crippen LogP) is 3.13. The van der Waals surface area contributed by atoms with Crippen molar-refractivity contribution >= 4 is 0 Å². The van der Waals surface area contributed by atoms with E-state index >= 15 is 0 Å². The Morgan fingerprint density at radius 3 is 2.41 bits per heavy atom. The lowest BCUT2D eigenvalue weighted by Crippen LogP contribution is -2.53. The summed E-state index contributed by atoms with van der Waals surface area (Å²) in [5.41, 5.74) is 0.460. The average molecular weight is 240 g/mol. The van der Waals surface area contributed by atoms with E-state index in [0.717, 1.165) is 24.5 Å². The van der Waals surface area contributed by atoms with E-state index in [1.165, 1.54) is 25.9 Å². The lowest BCUT2D eigenvalue weighted by atomic mass is 9.85. The second kappa shape index (κ2) is 6.19. The molecule has 0 aromatic carbocycles. The molecule has 2 heteroatoms. The van der Waals surface area contributed by atoms with Gasteiger partial charge in [0.1, 0.15) is 0 Å². The zero-order chi connectivity index (χ0) is 13.1. The monoisotopic (exact) mass is 240 g/mol. The van der Waals surface area contributed by atoms with Gasteiger partial charge in [-0.05, 0) is 50.7 Å². The van der Waals surface area contributed by atoms with Crippen molar-refractivity contribution < 1.29 is 0 Å². The van der Waals surface area contributed by atoms with Crippen molar-refractivity contribution in [3.8, 4) is 0 Å². The van der Waals surface area contributed by atoms with Crippen LogP contribution in [0.3, 0.4) is 0 Å². The van der Waals surface area contributed by atoms with Crippen LogP contribution < -0.4 is 5.32 Å². The normalized spacial score (nSPS) is 31.8. The molecule has 0 radical (unpaired) electrons. The van der Waals surface area contributed by atoms with Crippen molar-refractivity contribution in [2.45, 2.75) is 66.5 Å². The molecule has 102 valence electrons. The van der Waals surface area contributed by atoms with Gasteiger partial charge in [-0.25, -0.2) is 0 Å². The first-order valence-corrected chi connectivity index (χ1v) is 7.32. The molecule has 0 spiro atoms. The molecule has 0 bridgehead atoms. The van der Waals surface area contributed by atoms with E-state index in [1.54, 1.807) is 0 Å². The highest BCUT2D eigenvalue weighted by Gasteiger charge is 2.31. The van der Waals surface area contributed by atoms with E-state index in [9.17, 15) is 0 Å². The van der Waals surface area contributed by atoms with E-state index in [2.05, 4.69) is 51.8 Å². The van der Waals surface area contributed by atoms with Crippen molar-refractivity contribution in [3.05, 3.63) is 0 Å². The molecule has 0 aromatic rings. The van der Waals surface area contributed by atoms with Crippen LogP contribution in [0.25, 0.3) is 0 Å². The van der Waals surface area contributed by atoms with Gasteiger partial charge in [0, 0.05) is 12.1 Å². The third-order valence-electron chi connectivity index (χ3n) is 4.31. The summed E-state index contributed by atoms with van der Waals surface area (Å²) in [4.78, 5) is 2.68. The minimum absolute atomic E-state index is 0.460. The third kappa shape index (κ3) is 4.59. The first-order valence-electron chi connectivity index (χ1n) is 7.32. The highest BCUT2D eigenvalue weighted by Crippen LogP contribution is 2.26. The molecule has 0 aliphatic carbocycles. The number of likely N-dealkylation sites (tertiary alicyclic amines) is 1. The first-order chi connectivity index (χ1) is 7.85. The van der Waals surface area contributed by atoms with Crippen molar-refractivity contribution in [2.24, 2.45) is 11.3 Å². The number of hydrogen-bond donors (Lipinski definition) is 1. The van der Waals surface area contributed by atoms with Crippen LogP contribution in [0, 0.1) is 11.3 Å². The fourth-order valence-corrected chi connectivity index (χ4v) is 2.78. The van der Waals surface area contributed by atoms with Crippen LogP contribution >= 0.6 is 0 Å². The molecule has 0 amide bonds. The standard InChI is InChI=1S/C15H32N2/c1-7-16-14-8-10-17(13(3)12(14)2)11-9-15(4,5)6/h12-14,16H,7-11H2,1-6H3. The van der Waals surface area contributed by atoms with Crippen LogP contribution in [0.15, 0.2) is 0 Å². The van der Waals surface area contributed by atoms with Gasteiger partial charge in [-0.15, -0.1) is 0 Å². The lowest BCUT2D eigenvalue weighted by Gasteiger charge is -2.43. The molecule has 1 aliphatic heterocycles. The van der Waals surface area contributed by atoms with Crippen LogP contribution in [0.4, 0.5) is 0 Å². The van der Waals surface area contributed by atoms with Crippen molar-refractivity contribution in [3.63, 3.8) is 0 Å². The maximum absolute atomic E-state index is 3.63. The first kappa shape index (κ1) is 15.0. The molecule has 0 saturated carbocycles. The van der Waals surface area contributed by atoms with Gasteiger partial charge in [0.2, 0.25) is 0 Å².